The molecule has 33 heavy (non-hydrogen) atoms. The van der Waals surface area contributed by atoms with E-state index in [1.54, 1.807) is 24.5 Å². The van der Waals surface area contributed by atoms with Gasteiger partial charge in [-0.2, -0.15) is 0 Å². The van der Waals surface area contributed by atoms with Crippen LogP contribution in [0.15, 0.2) is 35.1 Å². The summed E-state index contributed by atoms with van der Waals surface area (Å²) in [6.07, 6.45) is 0. The third-order valence-corrected chi connectivity index (χ3v) is 6.23. The SMILES string of the molecule is CCn1c(C)c(-c2cc(C(=O)OC)c(Cl)cc2F)c(=O)c(C(=O)O)c1-c1ccc(Cl)c(Cl)c1. The number of aromatic carboxylic acids is 1. The first-order valence-electron chi connectivity index (χ1n) is 9.57. The van der Waals surface area contributed by atoms with E-state index in [1.807, 2.05) is 0 Å². The third-order valence-electron chi connectivity index (χ3n) is 5.18. The molecule has 0 atom stereocenters. The van der Waals surface area contributed by atoms with Crippen molar-refractivity contribution in [3.05, 3.63) is 78.3 Å². The van der Waals surface area contributed by atoms with Gasteiger partial charge in [-0.3, -0.25) is 4.79 Å². The average Bonchev–Trinajstić information content (AvgIpc) is 2.75. The predicted octanol–water partition coefficient (Wildman–Crippen LogP) is 6.09. The number of carbonyl (C=O) groups is 2. The summed E-state index contributed by atoms with van der Waals surface area (Å²) in [5, 5.41) is 10.2. The Morgan fingerprint density at radius 2 is 1.76 bits per heavy atom. The van der Waals surface area contributed by atoms with E-state index >= 15 is 0 Å². The minimum atomic E-state index is -1.51. The first-order chi connectivity index (χ1) is 15.5. The maximum absolute atomic E-state index is 15.0. The van der Waals surface area contributed by atoms with Gasteiger partial charge in [-0.1, -0.05) is 40.9 Å². The number of hydrogen-bond donors (Lipinski definition) is 1. The van der Waals surface area contributed by atoms with Crippen molar-refractivity contribution in [3.63, 3.8) is 0 Å². The topological polar surface area (TPSA) is 85.6 Å². The number of nitrogens with zero attached hydrogens (tertiary/aromatic N) is 1. The number of methoxy groups -OCH3 is 1. The fourth-order valence-corrected chi connectivity index (χ4v) is 4.22. The molecule has 0 saturated carbocycles. The number of hydrogen-bond acceptors (Lipinski definition) is 4. The first-order valence-corrected chi connectivity index (χ1v) is 10.7. The Kier molecular flexibility index (Phi) is 7.17. The summed E-state index contributed by atoms with van der Waals surface area (Å²) in [5.74, 6) is -3.23. The number of carbonyl (C=O) groups excluding carboxylic acids is 1. The van der Waals surface area contributed by atoms with E-state index in [-0.39, 0.29) is 49.7 Å². The van der Waals surface area contributed by atoms with E-state index in [0.717, 1.165) is 19.2 Å². The summed E-state index contributed by atoms with van der Waals surface area (Å²) in [4.78, 5) is 37.8. The van der Waals surface area contributed by atoms with Crippen LogP contribution in [0, 0.1) is 12.7 Å². The van der Waals surface area contributed by atoms with Crippen molar-refractivity contribution in [2.24, 2.45) is 0 Å². The van der Waals surface area contributed by atoms with Crippen molar-refractivity contribution in [1.82, 2.24) is 4.57 Å². The number of ether oxygens (including phenoxy) is 1. The minimum Gasteiger partial charge on any atom is -0.477 e. The molecule has 3 rings (SSSR count). The summed E-state index contributed by atoms with van der Waals surface area (Å²) in [6, 6.07) is 6.44. The summed E-state index contributed by atoms with van der Waals surface area (Å²) in [5.41, 5.74) is -1.43. The third kappa shape index (κ3) is 4.36. The summed E-state index contributed by atoms with van der Waals surface area (Å²) in [7, 11) is 1.13. The van der Waals surface area contributed by atoms with E-state index in [9.17, 15) is 23.9 Å². The van der Waals surface area contributed by atoms with Gasteiger partial charge < -0.3 is 14.4 Å². The molecule has 0 aliphatic carbocycles. The normalized spacial score (nSPS) is 10.9. The molecule has 172 valence electrons. The summed E-state index contributed by atoms with van der Waals surface area (Å²) < 4.78 is 21.2. The monoisotopic (exact) mass is 511 g/mol. The molecule has 1 N–H and O–H groups in total. The second kappa shape index (κ2) is 9.55. The molecule has 3 aromatic rings. The number of rotatable bonds is 5. The molecule has 0 aliphatic rings. The Morgan fingerprint density at radius 1 is 1.09 bits per heavy atom. The Bertz CT molecular complexity index is 1370. The highest BCUT2D eigenvalue weighted by Crippen LogP contribution is 2.35. The Balaban J connectivity index is 2.48. The quantitative estimate of drug-likeness (QED) is 0.418. The second-order valence-corrected chi connectivity index (χ2v) is 8.22. The van der Waals surface area contributed by atoms with Gasteiger partial charge in [0.05, 0.1) is 39.0 Å². The van der Waals surface area contributed by atoms with Crippen molar-refractivity contribution in [2.75, 3.05) is 7.11 Å². The number of carboxylic acid groups (broad SMARTS) is 1. The number of pyridine rings is 1. The molecule has 2 aromatic carbocycles. The molecular weight excluding hydrogens is 496 g/mol. The molecule has 0 amide bonds. The Hall–Kier alpha value is -2.87. The van der Waals surface area contributed by atoms with Crippen LogP contribution < -0.4 is 5.43 Å². The lowest BCUT2D eigenvalue weighted by Crippen LogP contribution is -2.25. The lowest BCUT2D eigenvalue weighted by Gasteiger charge is -2.22. The van der Waals surface area contributed by atoms with Crippen LogP contribution in [-0.2, 0) is 11.3 Å². The highest BCUT2D eigenvalue weighted by Gasteiger charge is 2.28. The molecule has 0 fully saturated rings. The van der Waals surface area contributed by atoms with Crippen LogP contribution in [-0.4, -0.2) is 28.7 Å². The molecule has 1 aromatic heterocycles. The standard InChI is InChI=1S/C23H17Cl3FNO5/c1-4-28-10(2)18(13-8-12(23(32)33-3)15(25)9-17(13)27)21(29)19(22(30)31)20(28)11-5-6-14(24)16(26)7-11/h5-9H,4H2,1-3H3,(H,30,31). The van der Waals surface area contributed by atoms with E-state index in [0.29, 0.717) is 5.56 Å². The van der Waals surface area contributed by atoms with Gasteiger partial charge in [0.2, 0.25) is 5.43 Å². The van der Waals surface area contributed by atoms with Gasteiger partial charge in [0.15, 0.2) is 0 Å². The summed E-state index contributed by atoms with van der Waals surface area (Å²) in [6.45, 7) is 3.54. The van der Waals surface area contributed by atoms with Crippen LogP contribution in [0.2, 0.25) is 15.1 Å². The van der Waals surface area contributed by atoms with Gasteiger partial charge in [0.1, 0.15) is 11.4 Å². The molecule has 10 heteroatoms. The zero-order chi connectivity index (χ0) is 24.6. The van der Waals surface area contributed by atoms with Crippen molar-refractivity contribution >= 4 is 46.7 Å². The molecule has 0 unspecified atom stereocenters. The Morgan fingerprint density at radius 3 is 2.30 bits per heavy atom. The van der Waals surface area contributed by atoms with Gasteiger partial charge in [0, 0.05) is 23.4 Å². The molecule has 0 aliphatic heterocycles. The maximum atomic E-state index is 15.0. The van der Waals surface area contributed by atoms with E-state index < -0.39 is 28.7 Å². The molecule has 1 heterocycles. The maximum Gasteiger partial charge on any atom is 0.341 e. The molecule has 0 saturated heterocycles. The molecule has 6 nitrogen and oxygen atoms in total. The highest BCUT2D eigenvalue weighted by molar-refractivity contribution is 6.42. The fourth-order valence-electron chi connectivity index (χ4n) is 3.70. The van der Waals surface area contributed by atoms with Crippen molar-refractivity contribution < 1.29 is 23.8 Å². The number of esters is 1. The van der Waals surface area contributed by atoms with Gasteiger partial charge >= 0.3 is 11.9 Å². The molecule has 0 bridgehead atoms. The van der Waals surface area contributed by atoms with Crippen molar-refractivity contribution in [2.45, 2.75) is 20.4 Å². The zero-order valence-electron chi connectivity index (χ0n) is 17.6. The van der Waals surface area contributed by atoms with Crippen LogP contribution in [0.25, 0.3) is 22.4 Å². The van der Waals surface area contributed by atoms with Gasteiger partial charge in [-0.05, 0) is 38.1 Å². The molecule has 0 spiro atoms. The number of benzene rings is 2. The van der Waals surface area contributed by atoms with Crippen LogP contribution in [0.5, 0.6) is 0 Å². The van der Waals surface area contributed by atoms with E-state index in [4.69, 9.17) is 34.8 Å². The fraction of sp³-hybridized carbons (Fsp3) is 0.174. The van der Waals surface area contributed by atoms with Crippen molar-refractivity contribution in [3.8, 4) is 22.4 Å². The van der Waals surface area contributed by atoms with Crippen LogP contribution in [0.4, 0.5) is 4.39 Å². The van der Waals surface area contributed by atoms with Gasteiger partial charge in [-0.15, -0.1) is 0 Å². The Labute approximate surface area is 203 Å². The largest absolute Gasteiger partial charge is 0.477 e. The van der Waals surface area contributed by atoms with E-state index in [1.165, 1.54) is 12.1 Å². The van der Waals surface area contributed by atoms with Gasteiger partial charge in [-0.25, -0.2) is 14.0 Å². The number of halogens is 4. The van der Waals surface area contributed by atoms with Crippen LogP contribution >= 0.6 is 34.8 Å². The summed E-state index contributed by atoms with van der Waals surface area (Å²) >= 11 is 18.1. The zero-order valence-corrected chi connectivity index (χ0v) is 19.9. The molecule has 0 radical (unpaired) electrons. The second-order valence-electron chi connectivity index (χ2n) is 6.99. The van der Waals surface area contributed by atoms with Crippen LogP contribution in [0.1, 0.15) is 33.3 Å². The lowest BCUT2D eigenvalue weighted by molar-refractivity contribution is 0.0600. The first kappa shape index (κ1) is 24.8. The van der Waals surface area contributed by atoms with Crippen LogP contribution in [0.3, 0.4) is 0 Å². The average molecular weight is 513 g/mol. The predicted molar refractivity (Wildman–Crippen MR) is 125 cm³/mol. The minimum absolute atomic E-state index is 0.0948. The number of aromatic nitrogens is 1. The lowest BCUT2D eigenvalue weighted by atomic mass is 9.95. The smallest absolute Gasteiger partial charge is 0.341 e. The molecular formula is C23H17Cl3FNO5. The number of carboxylic acids is 1. The highest BCUT2D eigenvalue weighted by atomic mass is 35.5. The van der Waals surface area contributed by atoms with E-state index in [2.05, 4.69) is 4.74 Å². The van der Waals surface area contributed by atoms with Gasteiger partial charge in [0.25, 0.3) is 0 Å². The van der Waals surface area contributed by atoms with Crippen molar-refractivity contribution in [1.29, 1.82) is 0 Å².